The number of carbonyl (C=O) groups is 4. The van der Waals surface area contributed by atoms with Crippen molar-refractivity contribution in [3.63, 3.8) is 0 Å². The van der Waals surface area contributed by atoms with Crippen LogP contribution < -0.4 is 31.9 Å². The van der Waals surface area contributed by atoms with E-state index in [0.29, 0.717) is 42.6 Å². The number of aromatic carboxylic acids is 1. The monoisotopic (exact) mass is 1090 g/mol. The molecule has 78 heavy (non-hydrogen) atoms. The van der Waals surface area contributed by atoms with Gasteiger partial charge in [0, 0.05) is 113 Å². The number of hydrogen-bond acceptors (Lipinski definition) is 13. The van der Waals surface area contributed by atoms with E-state index < -0.39 is 5.97 Å². The van der Waals surface area contributed by atoms with E-state index in [4.69, 9.17) is 22.4 Å². The van der Waals surface area contributed by atoms with Crippen molar-refractivity contribution in [3.05, 3.63) is 113 Å². The van der Waals surface area contributed by atoms with Gasteiger partial charge in [0.2, 0.25) is 11.2 Å². The van der Waals surface area contributed by atoms with Crippen LogP contribution in [0.3, 0.4) is 0 Å². The third-order valence-electron chi connectivity index (χ3n) is 15.4. The topological polar surface area (TPSA) is 230 Å². The molecular formula is C58H85ClN14O5. The number of aromatic nitrogens is 4. The van der Waals surface area contributed by atoms with Crippen molar-refractivity contribution in [1.29, 1.82) is 0 Å². The molecule has 6 aliphatic rings. The zero-order valence-corrected chi connectivity index (χ0v) is 47.1. The zero-order chi connectivity index (χ0) is 55.4. The lowest BCUT2D eigenvalue weighted by Crippen LogP contribution is -2.61. The Labute approximate surface area is 466 Å². The molecule has 4 aliphatic heterocycles. The Balaban J connectivity index is 0.000000188. The summed E-state index contributed by atoms with van der Waals surface area (Å²) in [6.07, 6.45) is 17.1. The fourth-order valence-electron chi connectivity index (χ4n) is 10.5. The minimum absolute atomic E-state index is 0.0131. The average Bonchev–Trinajstić information content (AvgIpc) is 4.40. The number of carbonyl (C=O) groups excluding carboxylic acids is 3. The van der Waals surface area contributed by atoms with E-state index in [9.17, 15) is 19.2 Å². The molecule has 0 spiro atoms. The smallest absolute Gasteiger partial charge is 0.338 e. The maximum absolute atomic E-state index is 13.1. The van der Waals surface area contributed by atoms with Crippen LogP contribution in [0.2, 0.25) is 5.28 Å². The highest BCUT2D eigenvalue weighted by atomic mass is 35.5. The number of nitrogens with one attached hydrogen (secondary N) is 4. The molecule has 0 unspecified atom stereocenters. The van der Waals surface area contributed by atoms with E-state index in [-0.39, 0.29) is 53.0 Å². The van der Waals surface area contributed by atoms with Gasteiger partial charge in [0.15, 0.2) is 0 Å². The number of nitrogens with two attached hydrogens (primary N) is 1. The second kappa shape index (κ2) is 30.4. The number of piperazine rings is 2. The fourth-order valence-corrected chi connectivity index (χ4v) is 10.6. The average molecular weight is 1090 g/mol. The number of hydrogen-bond donors (Lipinski definition) is 6. The van der Waals surface area contributed by atoms with Crippen LogP contribution >= 0.6 is 11.6 Å². The number of nitrogens with zero attached hydrogens (tertiary/aromatic N) is 9. The van der Waals surface area contributed by atoms with E-state index in [1.54, 1.807) is 12.4 Å². The van der Waals surface area contributed by atoms with Crippen molar-refractivity contribution in [1.82, 2.24) is 60.8 Å². The lowest BCUT2D eigenvalue weighted by Gasteiger charge is -2.44. The minimum Gasteiger partial charge on any atom is -0.478 e. The summed E-state index contributed by atoms with van der Waals surface area (Å²) in [4.78, 5) is 75.0. The number of carboxylic acids is 1. The number of benzene rings is 2. The quantitative estimate of drug-likeness (QED) is 0.0707. The normalized spacial score (nSPS) is 22.1. The summed E-state index contributed by atoms with van der Waals surface area (Å²) in [6, 6.07) is 23.0. The molecule has 0 radical (unpaired) electrons. The van der Waals surface area contributed by atoms with Crippen molar-refractivity contribution in [2.45, 2.75) is 141 Å². The van der Waals surface area contributed by atoms with Crippen molar-refractivity contribution in [3.8, 4) is 0 Å². The number of amides is 5. The summed E-state index contributed by atoms with van der Waals surface area (Å²) in [7, 11) is 0. The highest BCUT2D eigenvalue weighted by molar-refractivity contribution is 6.28. The van der Waals surface area contributed by atoms with Crippen LogP contribution in [0.15, 0.2) is 85.5 Å². The zero-order valence-electron chi connectivity index (χ0n) is 46.3. The van der Waals surface area contributed by atoms with Crippen molar-refractivity contribution >= 4 is 41.5 Å². The van der Waals surface area contributed by atoms with Crippen molar-refractivity contribution in [2.24, 2.45) is 17.6 Å². The first kappa shape index (κ1) is 59.7. The first-order chi connectivity index (χ1) is 37.7. The minimum atomic E-state index is -1.06. The van der Waals surface area contributed by atoms with Crippen LogP contribution in [0.25, 0.3) is 0 Å². The van der Waals surface area contributed by atoms with E-state index >= 15 is 0 Å². The second-order valence-corrected chi connectivity index (χ2v) is 22.5. The Hall–Kier alpha value is -5.99. The van der Waals surface area contributed by atoms with Gasteiger partial charge in [-0.2, -0.15) is 0 Å². The third-order valence-corrected chi connectivity index (χ3v) is 15.6. The molecule has 2 aromatic carbocycles. The number of likely N-dealkylation sites (tertiary alicyclic amines) is 2. The van der Waals surface area contributed by atoms with Crippen molar-refractivity contribution < 1.29 is 24.3 Å². The molecule has 19 nitrogen and oxygen atoms in total. The van der Waals surface area contributed by atoms with Crippen LogP contribution in [-0.2, 0) is 13.1 Å². The van der Waals surface area contributed by atoms with Gasteiger partial charge in [0.25, 0.3) is 5.91 Å². The molecule has 2 aromatic heterocycles. The van der Waals surface area contributed by atoms with E-state index in [1.165, 1.54) is 62.7 Å². The summed E-state index contributed by atoms with van der Waals surface area (Å²) in [5.74, 6) is 0.836. The molecule has 6 fully saturated rings. The summed E-state index contributed by atoms with van der Waals surface area (Å²) < 4.78 is 0. The number of piperidine rings is 2. The lowest BCUT2D eigenvalue weighted by atomic mass is 9.93. The fraction of sp³-hybridized carbons (Fsp3) is 0.586. The molecule has 4 aromatic rings. The largest absolute Gasteiger partial charge is 0.478 e. The molecule has 10 rings (SSSR count). The Morgan fingerprint density at radius 2 is 1.04 bits per heavy atom. The molecule has 2 saturated carbocycles. The summed E-state index contributed by atoms with van der Waals surface area (Å²) >= 11 is 5.30. The van der Waals surface area contributed by atoms with Crippen molar-refractivity contribution in [2.75, 3.05) is 70.3 Å². The summed E-state index contributed by atoms with van der Waals surface area (Å²) in [5.41, 5.74) is 8.52. The molecule has 7 N–H and O–H groups in total. The third kappa shape index (κ3) is 19.7. The molecule has 4 atom stereocenters. The maximum Gasteiger partial charge on any atom is 0.338 e. The molecular weight excluding hydrogens is 1010 g/mol. The van der Waals surface area contributed by atoms with Gasteiger partial charge < -0.3 is 46.8 Å². The predicted octanol–water partition coefficient (Wildman–Crippen LogP) is 6.90. The van der Waals surface area contributed by atoms with Gasteiger partial charge in [-0.25, -0.2) is 34.3 Å². The highest BCUT2D eigenvalue weighted by Gasteiger charge is 2.35. The Bertz CT molecular complexity index is 2420. The molecule has 0 bridgehead atoms. The molecule has 6 heterocycles. The standard InChI is InChI=1S/C29H41N7O2.C21H34N4O.C5H3ClN2O2.C3H7N/c1-21-18-35(28-31-16-25(17-32-28)27(37)33-26-8-9-26)19-22(2)36(21)29(38)30-13-10-23-11-14-34(15-12-23)20-24-6-4-3-5-7-24;1-17-14-22-15-18(2)25(17)21(26)23-11-8-19-9-12-24(13-10-19)16-20-6-4-3-5-7-20;6-5-7-1-3(2-8-5)4(9)10;4-3-1-2-3/h3-7,16-17,21-23,26H,8-15,18-20H2,1-2H3,(H,30,38)(H,33,37);3-7,17-19,22H,8-16H2,1-2H3,(H,23,26);1-2H,(H,9,10);3H,1-2,4H2/t21-,22+;17-,18+;;. The predicted molar refractivity (Wildman–Crippen MR) is 305 cm³/mol. The highest BCUT2D eigenvalue weighted by Crippen LogP contribution is 2.25. The summed E-state index contributed by atoms with van der Waals surface area (Å²) in [5, 5.41) is 21.1. The number of carboxylic acid groups (broad SMARTS) is 1. The number of urea groups is 2. The molecule has 20 heteroatoms. The van der Waals surface area contributed by atoms with Crippen LogP contribution in [0.4, 0.5) is 15.5 Å². The lowest BCUT2D eigenvalue weighted by molar-refractivity contribution is 0.0695. The first-order valence-corrected chi connectivity index (χ1v) is 28.8. The van der Waals surface area contributed by atoms with Crippen LogP contribution in [0.1, 0.15) is 124 Å². The molecule has 2 aliphatic carbocycles. The number of rotatable bonds is 14. The first-order valence-electron chi connectivity index (χ1n) is 28.4. The van der Waals surface area contributed by atoms with Gasteiger partial charge in [-0.05, 0) is 153 Å². The summed E-state index contributed by atoms with van der Waals surface area (Å²) in [6.45, 7) is 19.6. The molecule has 4 saturated heterocycles. The van der Waals surface area contributed by atoms with Gasteiger partial charge >= 0.3 is 18.0 Å². The van der Waals surface area contributed by atoms with Crippen LogP contribution in [0, 0.1) is 11.8 Å². The Kier molecular flexibility index (Phi) is 23.3. The van der Waals surface area contributed by atoms with Gasteiger partial charge in [-0.15, -0.1) is 0 Å². The SMILES string of the molecule is C[C@@H]1CN(c2ncc(C(=O)NC3CC3)cn2)C[C@H](C)N1C(=O)NCCC1CCN(Cc2ccccc2)CC1.C[C@@H]1CNC[C@H](C)N1C(=O)NCCC1CCN(Cc2ccccc2)CC1.NC1CC1.O=C(O)c1cnc(Cl)nc1. The number of anilines is 1. The van der Waals surface area contributed by atoms with E-state index in [2.05, 4.69) is 144 Å². The van der Waals surface area contributed by atoms with E-state index in [1.807, 2.05) is 9.80 Å². The molecule has 5 amide bonds. The Morgan fingerprint density at radius 3 is 1.45 bits per heavy atom. The Morgan fingerprint density at radius 1 is 0.615 bits per heavy atom. The number of halogens is 1. The van der Waals surface area contributed by atoms with Gasteiger partial charge in [-0.1, -0.05) is 60.7 Å². The van der Waals surface area contributed by atoms with Gasteiger partial charge in [-0.3, -0.25) is 14.6 Å². The maximum atomic E-state index is 13.1. The van der Waals surface area contributed by atoms with Crippen LogP contribution in [0.5, 0.6) is 0 Å². The second-order valence-electron chi connectivity index (χ2n) is 22.1. The van der Waals surface area contributed by atoms with Gasteiger partial charge in [0.05, 0.1) is 11.1 Å². The van der Waals surface area contributed by atoms with E-state index in [0.717, 1.165) is 96.4 Å². The van der Waals surface area contributed by atoms with Crippen LogP contribution in [-0.4, -0.2) is 170 Å². The van der Waals surface area contributed by atoms with Gasteiger partial charge in [0.1, 0.15) is 0 Å². The molecule has 424 valence electrons.